The van der Waals surface area contributed by atoms with Crippen LogP contribution in [-0.2, 0) is 0 Å². The van der Waals surface area contributed by atoms with Crippen LogP contribution in [0.1, 0.15) is 49.4 Å². The van der Waals surface area contributed by atoms with Crippen LogP contribution in [0.5, 0.6) is 0 Å². The van der Waals surface area contributed by atoms with Crippen LogP contribution in [0.2, 0.25) is 0 Å². The Morgan fingerprint density at radius 1 is 1.25 bits per heavy atom. The first-order valence-electron chi connectivity index (χ1n) is 8.75. The molecule has 1 saturated heterocycles. The third kappa shape index (κ3) is 2.48. The fraction of sp³-hybridized carbons (Fsp3) is 0.474. The lowest BCUT2D eigenvalue weighted by Gasteiger charge is -2.33. The molecule has 1 aliphatic carbocycles. The van der Waals surface area contributed by atoms with Crippen molar-refractivity contribution in [2.75, 3.05) is 0 Å². The van der Waals surface area contributed by atoms with Crippen LogP contribution in [0.3, 0.4) is 0 Å². The third-order valence-corrected chi connectivity index (χ3v) is 5.51. The summed E-state index contributed by atoms with van der Waals surface area (Å²) in [6.45, 7) is 2.10. The maximum Gasteiger partial charge on any atom is 0.261 e. The molecule has 3 heterocycles. The van der Waals surface area contributed by atoms with Crippen LogP contribution >= 0.6 is 0 Å². The van der Waals surface area contributed by atoms with Gasteiger partial charge in [-0.15, -0.1) is 0 Å². The first-order chi connectivity index (χ1) is 11.6. The summed E-state index contributed by atoms with van der Waals surface area (Å²) in [4.78, 5) is 30.2. The van der Waals surface area contributed by atoms with E-state index in [-0.39, 0.29) is 23.1 Å². The smallest absolute Gasteiger partial charge is 0.261 e. The van der Waals surface area contributed by atoms with Gasteiger partial charge in [0.25, 0.3) is 11.5 Å². The van der Waals surface area contributed by atoms with Gasteiger partial charge >= 0.3 is 0 Å². The van der Waals surface area contributed by atoms with Crippen LogP contribution in [0.15, 0.2) is 39.7 Å². The number of amides is 1. The van der Waals surface area contributed by atoms with Crippen molar-refractivity contribution in [2.24, 2.45) is 5.92 Å². The Kier molecular flexibility index (Phi) is 3.79. The monoisotopic (exact) mass is 326 g/mol. The first kappa shape index (κ1) is 15.2. The van der Waals surface area contributed by atoms with E-state index in [4.69, 9.17) is 4.42 Å². The summed E-state index contributed by atoms with van der Waals surface area (Å²) in [7, 11) is 0. The van der Waals surface area contributed by atoms with E-state index in [1.54, 1.807) is 30.5 Å². The summed E-state index contributed by atoms with van der Waals surface area (Å²) in [5.41, 5.74) is 0.468. The van der Waals surface area contributed by atoms with Crippen LogP contribution in [-0.4, -0.2) is 27.9 Å². The highest BCUT2D eigenvalue weighted by atomic mass is 16.3. The molecule has 5 nitrogen and oxygen atoms in total. The third-order valence-electron chi connectivity index (χ3n) is 5.51. The molecule has 0 radical (unpaired) electrons. The van der Waals surface area contributed by atoms with Gasteiger partial charge in [0.15, 0.2) is 0 Å². The van der Waals surface area contributed by atoms with E-state index in [2.05, 4.69) is 11.9 Å². The maximum atomic E-state index is 13.0. The fourth-order valence-electron chi connectivity index (χ4n) is 4.42. The van der Waals surface area contributed by atoms with Gasteiger partial charge in [0, 0.05) is 12.1 Å². The predicted molar refractivity (Wildman–Crippen MR) is 90.8 cm³/mol. The average molecular weight is 326 g/mol. The molecule has 2 aromatic heterocycles. The molecule has 126 valence electrons. The number of nitrogens with one attached hydrogen (secondary N) is 1. The lowest BCUT2D eigenvalue weighted by molar-refractivity contribution is 0.0631. The van der Waals surface area contributed by atoms with Gasteiger partial charge in [-0.05, 0) is 56.4 Å². The number of likely N-dealkylation sites (tertiary alicyclic amines) is 1. The predicted octanol–water partition coefficient (Wildman–Crippen LogP) is 3.43. The van der Waals surface area contributed by atoms with Crippen molar-refractivity contribution < 1.29 is 9.21 Å². The number of furan rings is 1. The quantitative estimate of drug-likeness (QED) is 0.919. The number of hydrogen-bond donors (Lipinski definition) is 1. The van der Waals surface area contributed by atoms with E-state index < -0.39 is 0 Å². The molecule has 0 aromatic carbocycles. The first-order valence-corrected chi connectivity index (χ1v) is 8.75. The van der Waals surface area contributed by atoms with Crippen molar-refractivity contribution in [1.82, 2.24) is 9.88 Å². The van der Waals surface area contributed by atoms with Gasteiger partial charge in [-0.1, -0.05) is 12.8 Å². The zero-order valence-corrected chi connectivity index (χ0v) is 13.8. The molecule has 0 bridgehead atoms. The molecule has 2 aliphatic rings. The minimum absolute atomic E-state index is 0.135. The number of carbonyl (C=O) groups excluding carboxylic acids is 1. The summed E-state index contributed by atoms with van der Waals surface area (Å²) in [6.07, 6.45) is 7.30. The second kappa shape index (κ2) is 5.96. The zero-order chi connectivity index (χ0) is 16.7. The highest BCUT2D eigenvalue weighted by molar-refractivity contribution is 5.94. The largest absolute Gasteiger partial charge is 0.463 e. The Hall–Kier alpha value is -2.30. The molecule has 0 unspecified atom stereocenters. The number of hydrogen-bond acceptors (Lipinski definition) is 3. The van der Waals surface area contributed by atoms with Crippen molar-refractivity contribution in [3.05, 3.63) is 46.4 Å². The number of nitrogens with zero attached hydrogens (tertiary/aromatic N) is 1. The van der Waals surface area contributed by atoms with Gasteiger partial charge in [-0.25, -0.2) is 0 Å². The number of pyridine rings is 1. The molecule has 1 aliphatic heterocycles. The van der Waals surface area contributed by atoms with E-state index in [1.165, 1.54) is 19.3 Å². The average Bonchev–Trinajstić information content (AvgIpc) is 3.21. The standard InChI is InChI=1S/C19H22N2O3/c1-12-11-13-5-2-3-6-16(13)21(12)19(23)14-8-9-15(20-18(14)22)17-7-4-10-24-17/h4,7-10,12-13,16H,2-3,5-6,11H2,1H3,(H,20,22)/t12-,13-,16+/m1/s1. The normalized spacial score (nSPS) is 26.4. The van der Waals surface area contributed by atoms with Crippen molar-refractivity contribution in [2.45, 2.75) is 51.1 Å². The molecule has 5 heteroatoms. The minimum atomic E-state index is -0.347. The van der Waals surface area contributed by atoms with Gasteiger partial charge in [0.05, 0.1) is 12.0 Å². The zero-order valence-electron chi connectivity index (χ0n) is 13.8. The molecule has 1 N–H and O–H groups in total. The SMILES string of the molecule is C[C@@H]1C[C@H]2CCCC[C@@H]2N1C(=O)c1ccc(-c2ccco2)[nH]c1=O. The molecular weight excluding hydrogens is 304 g/mol. The van der Waals surface area contributed by atoms with E-state index in [9.17, 15) is 9.59 Å². The highest BCUT2D eigenvalue weighted by Crippen LogP contribution is 2.40. The molecule has 3 atom stereocenters. The number of rotatable bonds is 2. The Bertz CT molecular complexity index is 793. The number of aromatic amines is 1. The molecule has 1 saturated carbocycles. The second-order valence-corrected chi connectivity index (χ2v) is 7.00. The van der Waals surface area contributed by atoms with Gasteiger partial charge in [-0.3, -0.25) is 9.59 Å². The molecule has 24 heavy (non-hydrogen) atoms. The molecule has 2 fully saturated rings. The van der Waals surface area contributed by atoms with Crippen LogP contribution in [0, 0.1) is 5.92 Å². The van der Waals surface area contributed by atoms with E-state index in [0.717, 1.165) is 12.8 Å². The molecule has 2 aromatic rings. The lowest BCUT2D eigenvalue weighted by Crippen LogP contribution is -2.44. The minimum Gasteiger partial charge on any atom is -0.463 e. The van der Waals surface area contributed by atoms with Crippen molar-refractivity contribution in [1.29, 1.82) is 0 Å². The van der Waals surface area contributed by atoms with Gasteiger partial charge in [-0.2, -0.15) is 0 Å². The number of aromatic nitrogens is 1. The second-order valence-electron chi connectivity index (χ2n) is 7.00. The number of H-pyrrole nitrogens is 1. The highest BCUT2D eigenvalue weighted by Gasteiger charge is 2.43. The topological polar surface area (TPSA) is 66.3 Å². The Morgan fingerprint density at radius 3 is 2.83 bits per heavy atom. The van der Waals surface area contributed by atoms with Crippen molar-refractivity contribution >= 4 is 5.91 Å². The summed E-state index contributed by atoms with van der Waals surface area (Å²) in [5.74, 6) is 1.05. The van der Waals surface area contributed by atoms with Gasteiger partial charge < -0.3 is 14.3 Å². The maximum absolute atomic E-state index is 13.0. The Morgan fingerprint density at radius 2 is 2.08 bits per heavy atom. The van der Waals surface area contributed by atoms with Crippen LogP contribution in [0.25, 0.3) is 11.5 Å². The molecule has 1 amide bonds. The summed E-state index contributed by atoms with van der Waals surface area (Å²) >= 11 is 0. The number of carbonyl (C=O) groups is 1. The fourth-order valence-corrected chi connectivity index (χ4v) is 4.42. The van der Waals surface area contributed by atoms with Crippen molar-refractivity contribution in [3.63, 3.8) is 0 Å². The lowest BCUT2D eigenvalue weighted by atomic mass is 9.85. The molecule has 4 rings (SSSR count). The Labute approximate surface area is 140 Å². The van der Waals surface area contributed by atoms with Gasteiger partial charge in [0.1, 0.15) is 11.3 Å². The van der Waals surface area contributed by atoms with Crippen LogP contribution in [0.4, 0.5) is 0 Å². The van der Waals surface area contributed by atoms with Crippen LogP contribution < -0.4 is 5.56 Å². The Balaban J connectivity index is 1.63. The summed E-state index contributed by atoms with van der Waals surface area (Å²) in [5, 5.41) is 0. The summed E-state index contributed by atoms with van der Waals surface area (Å²) < 4.78 is 5.30. The molecular formula is C19H22N2O3. The number of fused-ring (bicyclic) bond motifs is 1. The molecule has 0 spiro atoms. The van der Waals surface area contributed by atoms with E-state index in [1.807, 2.05) is 4.90 Å². The van der Waals surface area contributed by atoms with E-state index >= 15 is 0 Å². The van der Waals surface area contributed by atoms with Crippen molar-refractivity contribution in [3.8, 4) is 11.5 Å². The summed E-state index contributed by atoms with van der Waals surface area (Å²) in [6, 6.07) is 7.42. The van der Waals surface area contributed by atoms with Gasteiger partial charge in [0.2, 0.25) is 0 Å². The van der Waals surface area contributed by atoms with E-state index in [0.29, 0.717) is 23.4 Å².